The van der Waals surface area contributed by atoms with Crippen molar-refractivity contribution >= 4 is 0 Å². The highest BCUT2D eigenvalue weighted by Gasteiger charge is 2.18. The Kier molecular flexibility index (Phi) is 5.04. The molecule has 1 atom stereocenters. The van der Waals surface area contributed by atoms with Crippen LogP contribution in [0, 0.1) is 11.8 Å². The average Bonchev–Trinajstić information content (AvgIpc) is 3.09. The summed E-state index contributed by atoms with van der Waals surface area (Å²) in [5, 5.41) is 15.7. The van der Waals surface area contributed by atoms with Gasteiger partial charge in [0.15, 0.2) is 12.2 Å². The fourth-order valence-electron chi connectivity index (χ4n) is 2.80. The van der Waals surface area contributed by atoms with Gasteiger partial charge in [0, 0.05) is 30.0 Å². The first-order valence-corrected chi connectivity index (χ1v) is 8.84. The Morgan fingerprint density at radius 2 is 1.85 bits per heavy atom. The van der Waals surface area contributed by atoms with Crippen LogP contribution in [0.25, 0.3) is 5.69 Å². The molecule has 4 rings (SSSR count). The van der Waals surface area contributed by atoms with Gasteiger partial charge in [-0.15, -0.1) is 0 Å². The quantitative estimate of drug-likeness (QED) is 0.528. The molecular weight excluding hydrogens is 344 g/mol. The molecule has 0 bridgehead atoms. The Labute approximate surface area is 156 Å². The van der Waals surface area contributed by atoms with Crippen LogP contribution in [0.1, 0.15) is 30.5 Å². The molecule has 136 valence electrons. The highest BCUT2D eigenvalue weighted by atomic mass is 16.7. The van der Waals surface area contributed by atoms with E-state index in [1.165, 1.54) is 4.68 Å². The number of rotatable bonds is 3. The molecule has 27 heavy (non-hydrogen) atoms. The van der Waals surface area contributed by atoms with E-state index in [4.69, 9.17) is 14.0 Å². The SMILES string of the molecule is [O-]c1on[n+](-c2ccccc2)c1C#Cc1ccc(OC2CCCCO2)cc1. The van der Waals surface area contributed by atoms with Gasteiger partial charge in [-0.1, -0.05) is 24.1 Å². The van der Waals surface area contributed by atoms with Gasteiger partial charge >= 0.3 is 5.69 Å². The van der Waals surface area contributed by atoms with E-state index in [2.05, 4.69) is 17.1 Å². The monoisotopic (exact) mass is 362 g/mol. The average molecular weight is 362 g/mol. The van der Waals surface area contributed by atoms with Gasteiger partial charge in [0.05, 0.1) is 11.9 Å². The molecule has 0 radical (unpaired) electrons. The Balaban J connectivity index is 1.51. The first-order chi connectivity index (χ1) is 13.3. The predicted octanol–water partition coefficient (Wildman–Crippen LogP) is 2.33. The van der Waals surface area contributed by atoms with E-state index in [1.807, 2.05) is 54.6 Å². The summed E-state index contributed by atoms with van der Waals surface area (Å²) in [7, 11) is 0. The van der Waals surface area contributed by atoms with Gasteiger partial charge in [0.25, 0.3) is 0 Å². The maximum Gasteiger partial charge on any atom is 0.314 e. The Bertz CT molecular complexity index is 949. The van der Waals surface area contributed by atoms with Crippen LogP contribution in [-0.2, 0) is 4.74 Å². The van der Waals surface area contributed by atoms with E-state index in [-0.39, 0.29) is 12.0 Å². The molecule has 0 amide bonds. The molecule has 1 unspecified atom stereocenters. The van der Waals surface area contributed by atoms with E-state index in [0.717, 1.165) is 37.2 Å². The lowest BCUT2D eigenvalue weighted by molar-refractivity contribution is -0.672. The largest absolute Gasteiger partial charge is 0.538 e. The summed E-state index contributed by atoms with van der Waals surface area (Å²) in [5.74, 6) is 6.00. The summed E-state index contributed by atoms with van der Waals surface area (Å²) in [5.41, 5.74) is 1.65. The predicted molar refractivity (Wildman–Crippen MR) is 94.1 cm³/mol. The number of benzene rings is 2. The van der Waals surface area contributed by atoms with Crippen molar-refractivity contribution in [3.8, 4) is 29.2 Å². The molecule has 1 aromatic heterocycles. The van der Waals surface area contributed by atoms with Crippen LogP contribution in [0.5, 0.6) is 11.7 Å². The summed E-state index contributed by atoms with van der Waals surface area (Å²) in [4.78, 5) is 0. The summed E-state index contributed by atoms with van der Waals surface area (Å²) in [6, 6.07) is 16.6. The molecular formula is C21H18N2O4. The number of nitrogens with zero attached hydrogens (tertiary/aromatic N) is 2. The number of hydrogen-bond acceptors (Lipinski definition) is 5. The fourth-order valence-corrected chi connectivity index (χ4v) is 2.80. The van der Waals surface area contributed by atoms with Gasteiger partial charge in [-0.2, -0.15) is 0 Å². The van der Waals surface area contributed by atoms with E-state index < -0.39 is 5.95 Å². The standard InChI is InChI=1S/C21H18N2O4/c24-21-19(23(22-27-21)17-6-2-1-3-7-17)14-11-16-9-12-18(13-10-16)26-20-8-4-5-15-25-20/h1-3,6-7,9-10,12-13,20H,4-5,8,15H2. The zero-order valence-corrected chi connectivity index (χ0v) is 14.6. The Morgan fingerprint density at radius 3 is 2.59 bits per heavy atom. The third-order valence-electron chi connectivity index (χ3n) is 4.20. The molecule has 1 aliphatic rings. The van der Waals surface area contributed by atoms with Crippen molar-refractivity contribution < 1.29 is 23.8 Å². The number of aromatic nitrogens is 2. The zero-order valence-electron chi connectivity index (χ0n) is 14.6. The summed E-state index contributed by atoms with van der Waals surface area (Å²) >= 11 is 0. The van der Waals surface area contributed by atoms with Gasteiger partial charge < -0.3 is 19.1 Å². The van der Waals surface area contributed by atoms with Crippen molar-refractivity contribution in [2.75, 3.05) is 6.61 Å². The molecule has 6 nitrogen and oxygen atoms in total. The topological polar surface area (TPSA) is 71.4 Å². The summed E-state index contributed by atoms with van der Waals surface area (Å²) in [6.07, 6.45) is 2.93. The van der Waals surface area contributed by atoms with E-state index in [0.29, 0.717) is 5.69 Å². The molecule has 1 aliphatic heterocycles. The van der Waals surface area contributed by atoms with E-state index in [1.54, 1.807) is 0 Å². The minimum atomic E-state index is -0.569. The highest BCUT2D eigenvalue weighted by molar-refractivity contribution is 5.43. The lowest BCUT2D eigenvalue weighted by Crippen LogP contribution is -2.35. The van der Waals surface area contributed by atoms with Crippen LogP contribution in [0.2, 0.25) is 0 Å². The van der Waals surface area contributed by atoms with Crippen molar-refractivity contribution in [3.63, 3.8) is 0 Å². The van der Waals surface area contributed by atoms with Crippen molar-refractivity contribution in [1.29, 1.82) is 0 Å². The normalized spacial score (nSPS) is 16.4. The molecule has 1 fully saturated rings. The lowest BCUT2D eigenvalue weighted by atomic mass is 10.2. The second-order valence-electron chi connectivity index (χ2n) is 6.14. The van der Waals surface area contributed by atoms with Crippen molar-refractivity contribution in [2.24, 2.45) is 0 Å². The molecule has 1 saturated heterocycles. The summed E-state index contributed by atoms with van der Waals surface area (Å²) < 4.78 is 17.5. The smallest absolute Gasteiger partial charge is 0.314 e. The first-order valence-electron chi connectivity index (χ1n) is 8.84. The van der Waals surface area contributed by atoms with Crippen molar-refractivity contribution in [1.82, 2.24) is 5.27 Å². The van der Waals surface area contributed by atoms with Crippen molar-refractivity contribution in [2.45, 2.75) is 25.6 Å². The van der Waals surface area contributed by atoms with E-state index >= 15 is 0 Å². The third-order valence-corrected chi connectivity index (χ3v) is 4.20. The van der Waals surface area contributed by atoms with Crippen LogP contribution in [0.4, 0.5) is 0 Å². The zero-order chi connectivity index (χ0) is 18.5. The molecule has 3 aromatic rings. The number of hydrogen-bond donors (Lipinski definition) is 0. The molecule has 2 aromatic carbocycles. The molecule has 6 heteroatoms. The minimum absolute atomic E-state index is 0.178. The van der Waals surface area contributed by atoms with Crippen molar-refractivity contribution in [3.05, 3.63) is 65.9 Å². The second kappa shape index (κ2) is 7.94. The molecule has 0 spiro atoms. The Morgan fingerprint density at radius 1 is 1.04 bits per heavy atom. The van der Waals surface area contributed by atoms with E-state index in [9.17, 15) is 5.11 Å². The lowest BCUT2D eigenvalue weighted by Gasteiger charge is -2.23. The fraction of sp³-hybridized carbons (Fsp3) is 0.238. The molecule has 0 N–H and O–H groups in total. The molecule has 2 heterocycles. The van der Waals surface area contributed by atoms with Gasteiger partial charge in [-0.3, -0.25) is 0 Å². The molecule has 0 aliphatic carbocycles. The Hall–Kier alpha value is -3.30. The van der Waals surface area contributed by atoms with Gasteiger partial charge in [0.1, 0.15) is 5.75 Å². The number of para-hydroxylation sites is 1. The van der Waals surface area contributed by atoms with Crippen LogP contribution in [0.15, 0.2) is 59.1 Å². The van der Waals surface area contributed by atoms with Crippen LogP contribution >= 0.6 is 0 Å². The maximum atomic E-state index is 11.9. The van der Waals surface area contributed by atoms with Crippen LogP contribution in [0.3, 0.4) is 0 Å². The summed E-state index contributed by atoms with van der Waals surface area (Å²) in [6.45, 7) is 0.742. The first kappa shape index (κ1) is 17.1. The minimum Gasteiger partial charge on any atom is -0.538 e. The second-order valence-corrected chi connectivity index (χ2v) is 6.14. The van der Waals surface area contributed by atoms with Crippen LogP contribution in [-0.4, -0.2) is 18.2 Å². The van der Waals surface area contributed by atoms with Gasteiger partial charge in [0.2, 0.25) is 5.69 Å². The van der Waals surface area contributed by atoms with Gasteiger partial charge in [-0.25, -0.2) is 0 Å². The van der Waals surface area contributed by atoms with Gasteiger partial charge in [-0.05, 0) is 41.8 Å². The van der Waals surface area contributed by atoms with Crippen LogP contribution < -0.4 is 14.5 Å². The third kappa shape index (κ3) is 4.10. The highest BCUT2D eigenvalue weighted by Crippen LogP contribution is 2.19. The molecule has 0 saturated carbocycles. The maximum absolute atomic E-state index is 11.9. The number of ether oxygens (including phenoxy) is 2.